The summed E-state index contributed by atoms with van der Waals surface area (Å²) >= 11 is 0. The fourth-order valence-corrected chi connectivity index (χ4v) is 4.49. The largest absolute Gasteiger partial charge is 0.379 e. The van der Waals surface area contributed by atoms with Gasteiger partial charge in [-0.1, -0.05) is 110 Å². The van der Waals surface area contributed by atoms with E-state index in [0.717, 1.165) is 26.1 Å². The Hall–Kier alpha value is -0.320. The van der Waals surface area contributed by atoms with Gasteiger partial charge >= 0.3 is 0 Å². The van der Waals surface area contributed by atoms with Crippen LogP contribution in [-0.4, -0.2) is 106 Å². The van der Waals surface area contributed by atoms with Crippen molar-refractivity contribution >= 4 is 0 Å². The molecule has 0 radical (unpaired) electrons. The summed E-state index contributed by atoms with van der Waals surface area (Å²) in [6.45, 7) is 14.4. The van der Waals surface area contributed by atoms with Gasteiger partial charge in [0.25, 0.3) is 0 Å². The molecule has 0 heterocycles. The fraction of sp³-hybridized carbons (Fsp3) is 1.00. The normalized spacial score (nSPS) is 11.6. The van der Waals surface area contributed by atoms with Gasteiger partial charge in [-0.05, 0) is 12.8 Å². The highest BCUT2D eigenvalue weighted by Crippen LogP contribution is 2.12. The number of ether oxygens (including phenoxy) is 8. The van der Waals surface area contributed by atoms with Crippen molar-refractivity contribution < 1.29 is 37.9 Å². The number of hydrogen-bond acceptors (Lipinski definition) is 8. The van der Waals surface area contributed by atoms with Crippen molar-refractivity contribution in [3.05, 3.63) is 0 Å². The first kappa shape index (κ1) is 42.7. The zero-order valence-corrected chi connectivity index (χ0v) is 28.6. The van der Waals surface area contributed by atoms with Crippen LogP contribution in [0.2, 0.25) is 0 Å². The quantitative estimate of drug-likeness (QED) is 0.0643. The molecule has 260 valence electrons. The van der Waals surface area contributed by atoms with E-state index in [1.54, 1.807) is 0 Å². The third-order valence-corrected chi connectivity index (χ3v) is 7.14. The summed E-state index contributed by atoms with van der Waals surface area (Å²) in [5.41, 5.74) is 0. The molecule has 43 heavy (non-hydrogen) atoms. The Balaban J connectivity index is 3.02. The van der Waals surface area contributed by atoms with Crippen molar-refractivity contribution in [1.29, 1.82) is 0 Å². The van der Waals surface area contributed by atoms with Crippen molar-refractivity contribution in [2.45, 2.75) is 123 Å². The van der Waals surface area contributed by atoms with Crippen molar-refractivity contribution in [3.63, 3.8) is 0 Å². The second kappa shape index (κ2) is 41.7. The number of unbranched alkanes of at least 4 members (excludes halogenated alkanes) is 15. The van der Waals surface area contributed by atoms with E-state index in [9.17, 15) is 0 Å². The topological polar surface area (TPSA) is 73.8 Å². The monoisotopic (exact) mass is 621 g/mol. The first-order valence-electron chi connectivity index (χ1n) is 18.0. The van der Waals surface area contributed by atoms with Crippen LogP contribution in [0.25, 0.3) is 0 Å². The van der Waals surface area contributed by atoms with Crippen LogP contribution in [0.3, 0.4) is 0 Å². The Morgan fingerprint density at radius 2 is 0.349 bits per heavy atom. The molecule has 0 amide bonds. The Bertz CT molecular complexity index is 429. The van der Waals surface area contributed by atoms with Crippen LogP contribution < -0.4 is 0 Å². The number of rotatable bonds is 40. The fourth-order valence-electron chi connectivity index (χ4n) is 4.49. The zero-order chi connectivity index (χ0) is 31.0. The summed E-state index contributed by atoms with van der Waals surface area (Å²) < 4.78 is 44.3. The average molecular weight is 621 g/mol. The highest BCUT2D eigenvalue weighted by Gasteiger charge is 1.97. The van der Waals surface area contributed by atoms with Crippen LogP contribution in [-0.2, 0) is 37.9 Å². The van der Waals surface area contributed by atoms with Gasteiger partial charge in [0.15, 0.2) is 0 Å². The molecule has 0 spiro atoms. The molecule has 0 aromatic heterocycles. The molecule has 0 saturated heterocycles. The summed E-state index contributed by atoms with van der Waals surface area (Å²) in [5, 5.41) is 0. The van der Waals surface area contributed by atoms with E-state index < -0.39 is 0 Å². The van der Waals surface area contributed by atoms with Crippen molar-refractivity contribution in [2.75, 3.05) is 106 Å². The lowest BCUT2D eigenvalue weighted by Crippen LogP contribution is -2.15. The second-order valence-corrected chi connectivity index (χ2v) is 11.2. The maximum absolute atomic E-state index is 5.67. The van der Waals surface area contributed by atoms with Crippen LogP contribution in [0.1, 0.15) is 123 Å². The smallest absolute Gasteiger partial charge is 0.0701 e. The van der Waals surface area contributed by atoms with E-state index in [-0.39, 0.29) is 0 Å². The minimum absolute atomic E-state index is 0.553. The van der Waals surface area contributed by atoms with Gasteiger partial charge in [-0.25, -0.2) is 0 Å². The lowest BCUT2D eigenvalue weighted by molar-refractivity contribution is -0.0232. The Morgan fingerprint density at radius 1 is 0.186 bits per heavy atom. The summed E-state index contributed by atoms with van der Waals surface area (Å²) in [5.74, 6) is 0. The maximum Gasteiger partial charge on any atom is 0.0701 e. The van der Waals surface area contributed by atoms with Crippen LogP contribution in [0.5, 0.6) is 0 Å². The molecule has 0 aromatic rings. The Morgan fingerprint density at radius 3 is 0.581 bits per heavy atom. The van der Waals surface area contributed by atoms with Gasteiger partial charge in [0.2, 0.25) is 0 Å². The lowest BCUT2D eigenvalue weighted by atomic mass is 10.0. The molecule has 0 unspecified atom stereocenters. The third kappa shape index (κ3) is 41.7. The molecular weight excluding hydrogens is 548 g/mol. The van der Waals surface area contributed by atoms with Crippen LogP contribution in [0.4, 0.5) is 0 Å². The maximum atomic E-state index is 5.67. The lowest BCUT2D eigenvalue weighted by Gasteiger charge is -2.09. The molecule has 8 heteroatoms. The standard InChI is InChI=1S/C35H72O8/c1-3-5-7-9-10-11-12-13-14-15-16-17-19-21-37-23-25-39-27-29-41-31-33-43-35-34-42-32-30-40-28-26-38-24-22-36-20-18-8-6-4-2/h3-35H2,1-2H3. The van der Waals surface area contributed by atoms with Gasteiger partial charge in [0.05, 0.1) is 92.5 Å². The van der Waals surface area contributed by atoms with E-state index in [0.29, 0.717) is 92.5 Å². The minimum atomic E-state index is 0.553. The minimum Gasteiger partial charge on any atom is -0.379 e. The van der Waals surface area contributed by atoms with E-state index in [1.165, 1.54) is 96.3 Å². The summed E-state index contributed by atoms with van der Waals surface area (Å²) in [6.07, 6.45) is 22.8. The second-order valence-electron chi connectivity index (χ2n) is 11.2. The molecule has 8 nitrogen and oxygen atoms in total. The van der Waals surface area contributed by atoms with Gasteiger partial charge in [-0.3, -0.25) is 0 Å². The first-order chi connectivity index (χ1) is 21.4. The van der Waals surface area contributed by atoms with Crippen LogP contribution >= 0.6 is 0 Å². The van der Waals surface area contributed by atoms with Gasteiger partial charge in [0.1, 0.15) is 0 Å². The van der Waals surface area contributed by atoms with Gasteiger partial charge in [-0.2, -0.15) is 0 Å². The molecule has 0 aromatic carbocycles. The molecule has 0 saturated carbocycles. The summed E-state index contributed by atoms with van der Waals surface area (Å²) in [6, 6.07) is 0. The molecule has 0 aliphatic heterocycles. The predicted octanol–water partition coefficient (Wildman–Crippen LogP) is 7.79. The highest BCUT2D eigenvalue weighted by atomic mass is 16.6. The van der Waals surface area contributed by atoms with Gasteiger partial charge in [-0.15, -0.1) is 0 Å². The number of hydrogen-bond donors (Lipinski definition) is 0. The molecule has 0 N–H and O–H groups in total. The predicted molar refractivity (Wildman–Crippen MR) is 176 cm³/mol. The molecule has 0 fully saturated rings. The van der Waals surface area contributed by atoms with Gasteiger partial charge < -0.3 is 37.9 Å². The highest BCUT2D eigenvalue weighted by molar-refractivity contribution is 4.49. The van der Waals surface area contributed by atoms with Crippen molar-refractivity contribution in [3.8, 4) is 0 Å². The Labute approximate surface area is 266 Å². The van der Waals surface area contributed by atoms with E-state index >= 15 is 0 Å². The van der Waals surface area contributed by atoms with E-state index in [2.05, 4.69) is 13.8 Å². The average Bonchev–Trinajstić information content (AvgIpc) is 3.02. The van der Waals surface area contributed by atoms with Crippen molar-refractivity contribution in [2.24, 2.45) is 0 Å². The van der Waals surface area contributed by atoms with E-state index in [4.69, 9.17) is 37.9 Å². The van der Waals surface area contributed by atoms with Crippen LogP contribution in [0, 0.1) is 0 Å². The van der Waals surface area contributed by atoms with Gasteiger partial charge in [0, 0.05) is 13.2 Å². The first-order valence-corrected chi connectivity index (χ1v) is 18.0. The SMILES string of the molecule is CCCCCCCCCCCCCCCOCCOCCOCCOCCOCCOCCOCCOCCCCCC. The zero-order valence-electron chi connectivity index (χ0n) is 28.6. The van der Waals surface area contributed by atoms with Crippen molar-refractivity contribution in [1.82, 2.24) is 0 Å². The Kier molecular flexibility index (Phi) is 41.4. The molecule has 0 rings (SSSR count). The third-order valence-electron chi connectivity index (χ3n) is 7.14. The molecule has 0 aliphatic rings. The molecule has 0 atom stereocenters. The molecular formula is C35H72O8. The summed E-state index contributed by atoms with van der Waals surface area (Å²) in [4.78, 5) is 0. The van der Waals surface area contributed by atoms with E-state index in [1.807, 2.05) is 0 Å². The molecule has 0 aliphatic carbocycles. The van der Waals surface area contributed by atoms with Crippen LogP contribution in [0.15, 0.2) is 0 Å². The summed E-state index contributed by atoms with van der Waals surface area (Å²) in [7, 11) is 0. The molecule has 0 bridgehead atoms.